The maximum absolute atomic E-state index is 14.0. The van der Waals surface area contributed by atoms with Crippen LogP contribution in [0.1, 0.15) is 22.3 Å². The van der Waals surface area contributed by atoms with Crippen molar-refractivity contribution in [3.8, 4) is 5.75 Å². The quantitative estimate of drug-likeness (QED) is 0.656. The summed E-state index contributed by atoms with van der Waals surface area (Å²) in [6, 6.07) is 4.14. The Hall–Kier alpha value is -3.24. The van der Waals surface area contributed by atoms with E-state index >= 15 is 0 Å². The van der Waals surface area contributed by atoms with E-state index in [1.807, 2.05) is 0 Å². The van der Waals surface area contributed by atoms with Gasteiger partial charge in [-0.05, 0) is 31.0 Å². The van der Waals surface area contributed by atoms with Gasteiger partial charge in [0, 0.05) is 18.9 Å². The number of anilines is 2. The molecule has 4 heterocycles. The maximum atomic E-state index is 14.0. The van der Waals surface area contributed by atoms with E-state index < -0.39 is 11.8 Å². The highest BCUT2D eigenvalue weighted by Crippen LogP contribution is 2.35. The molecule has 30 heavy (non-hydrogen) atoms. The predicted molar refractivity (Wildman–Crippen MR) is 103 cm³/mol. The molecular weight excluding hydrogens is 395 g/mol. The number of fused-ring (bicyclic) bond motifs is 2. The average molecular weight is 414 g/mol. The molecule has 1 aromatic carbocycles. The summed E-state index contributed by atoms with van der Waals surface area (Å²) in [6.07, 6.45) is 3.02. The van der Waals surface area contributed by atoms with Gasteiger partial charge in [0.1, 0.15) is 29.5 Å². The number of carbonyl (C=O) groups is 1. The number of carboxylic acid groups (broad SMARTS) is 1. The van der Waals surface area contributed by atoms with Crippen molar-refractivity contribution in [2.24, 2.45) is 0 Å². The fourth-order valence-electron chi connectivity index (χ4n) is 3.99. The second kappa shape index (κ2) is 7.22. The normalized spacial score (nSPS) is 22.9. The first-order chi connectivity index (χ1) is 14.5. The summed E-state index contributed by atoms with van der Waals surface area (Å²) in [5.74, 6) is -0.830. The van der Waals surface area contributed by atoms with Gasteiger partial charge in [-0.2, -0.15) is 5.10 Å². The lowest BCUT2D eigenvalue weighted by molar-refractivity contribution is 0.0310. The van der Waals surface area contributed by atoms with E-state index in [0.717, 1.165) is 6.42 Å². The minimum atomic E-state index is -1.05. The van der Waals surface area contributed by atoms with Gasteiger partial charge in [-0.1, -0.05) is 0 Å². The van der Waals surface area contributed by atoms with E-state index in [1.54, 1.807) is 13.0 Å². The van der Waals surface area contributed by atoms with Crippen molar-refractivity contribution in [1.29, 1.82) is 0 Å². The zero-order valence-electron chi connectivity index (χ0n) is 16.0. The number of rotatable bonds is 5. The van der Waals surface area contributed by atoms with E-state index in [2.05, 4.69) is 15.4 Å². The van der Waals surface area contributed by atoms with Crippen LogP contribution in [-0.2, 0) is 9.47 Å². The third kappa shape index (κ3) is 3.14. The van der Waals surface area contributed by atoms with Crippen LogP contribution >= 0.6 is 0 Å². The molecule has 0 aliphatic carbocycles. The van der Waals surface area contributed by atoms with Crippen LogP contribution in [0.4, 0.5) is 15.9 Å². The summed E-state index contributed by atoms with van der Waals surface area (Å²) >= 11 is 0. The molecule has 156 valence electrons. The number of nitrogens with zero attached hydrogens (tertiary/aromatic N) is 3. The molecule has 2 aliphatic heterocycles. The molecule has 2 aromatic heterocycles. The van der Waals surface area contributed by atoms with Gasteiger partial charge in [-0.3, -0.25) is 0 Å². The Labute approximate surface area is 170 Å². The molecule has 5 rings (SSSR count). The second-order valence-corrected chi connectivity index (χ2v) is 7.29. The van der Waals surface area contributed by atoms with Crippen LogP contribution in [0.25, 0.3) is 5.52 Å². The first kappa shape index (κ1) is 18.8. The molecule has 0 spiro atoms. The van der Waals surface area contributed by atoms with E-state index in [0.29, 0.717) is 41.5 Å². The van der Waals surface area contributed by atoms with Crippen molar-refractivity contribution in [2.45, 2.75) is 31.7 Å². The number of aromatic carboxylic acids is 1. The first-order valence-electron chi connectivity index (χ1n) is 9.54. The van der Waals surface area contributed by atoms with Crippen LogP contribution in [0, 0.1) is 12.7 Å². The lowest BCUT2D eigenvalue weighted by Crippen LogP contribution is -2.32. The van der Waals surface area contributed by atoms with Crippen LogP contribution in [-0.4, -0.2) is 57.2 Å². The lowest BCUT2D eigenvalue weighted by Gasteiger charge is -2.20. The molecule has 2 fully saturated rings. The number of aryl methyl sites for hydroxylation is 1. The van der Waals surface area contributed by atoms with Crippen molar-refractivity contribution < 1.29 is 28.5 Å². The number of halogens is 1. The zero-order chi connectivity index (χ0) is 20.8. The molecule has 0 unspecified atom stereocenters. The summed E-state index contributed by atoms with van der Waals surface area (Å²) < 4.78 is 32.9. The number of hydrogen-bond donors (Lipinski definition) is 2. The molecule has 3 aromatic rings. The Bertz CT molecular complexity index is 1130. The van der Waals surface area contributed by atoms with Crippen molar-refractivity contribution >= 4 is 23.0 Å². The molecule has 0 bridgehead atoms. The van der Waals surface area contributed by atoms with Crippen molar-refractivity contribution in [2.75, 3.05) is 18.5 Å². The molecule has 0 amide bonds. The van der Waals surface area contributed by atoms with Gasteiger partial charge in [-0.25, -0.2) is 18.7 Å². The monoisotopic (exact) mass is 414 g/mol. The fraction of sp³-hybridized carbons (Fsp3) is 0.350. The Balaban J connectivity index is 1.49. The van der Waals surface area contributed by atoms with Crippen molar-refractivity contribution in [3.05, 3.63) is 47.7 Å². The third-order valence-electron chi connectivity index (χ3n) is 5.45. The van der Waals surface area contributed by atoms with E-state index in [4.69, 9.17) is 14.2 Å². The van der Waals surface area contributed by atoms with Gasteiger partial charge < -0.3 is 24.6 Å². The lowest BCUT2D eigenvalue weighted by atomic mass is 10.1. The standard InChI is InChI=1S/C20H19FN4O5/c1-10-12(20(26)27)7-25-17(10)19(22-9-23-25)24-13-3-2-11(21)6-15(13)30-16-8-29-14-4-5-28-18(14)16/h2-3,6-7,9,14,16,18H,4-5,8H2,1H3,(H,26,27)(H,22,23,24)/t14-,16-,18+/m1/s1. The topological polar surface area (TPSA) is 107 Å². The Morgan fingerprint density at radius 2 is 2.27 bits per heavy atom. The minimum absolute atomic E-state index is 0.000680. The molecule has 0 radical (unpaired) electrons. The highest BCUT2D eigenvalue weighted by Gasteiger charge is 2.43. The molecule has 10 heteroatoms. The van der Waals surface area contributed by atoms with Gasteiger partial charge in [-0.15, -0.1) is 0 Å². The fourth-order valence-corrected chi connectivity index (χ4v) is 3.99. The van der Waals surface area contributed by atoms with Gasteiger partial charge in [0.2, 0.25) is 0 Å². The SMILES string of the molecule is Cc1c(C(=O)O)cn2ncnc(Nc3ccc(F)cc3O[C@@H]3CO[C@@H]4CCO[C@@H]43)c12. The Morgan fingerprint density at radius 1 is 1.40 bits per heavy atom. The van der Waals surface area contributed by atoms with Gasteiger partial charge in [0.15, 0.2) is 11.9 Å². The maximum Gasteiger partial charge on any atom is 0.337 e. The van der Waals surface area contributed by atoms with Crippen LogP contribution in [0.2, 0.25) is 0 Å². The largest absolute Gasteiger partial charge is 0.483 e. The molecule has 3 atom stereocenters. The molecule has 0 saturated carbocycles. The summed E-state index contributed by atoms with van der Waals surface area (Å²) in [5, 5.41) is 16.6. The number of benzene rings is 1. The predicted octanol–water partition coefficient (Wildman–Crippen LogP) is 2.55. The van der Waals surface area contributed by atoms with Crippen molar-refractivity contribution in [3.63, 3.8) is 0 Å². The van der Waals surface area contributed by atoms with Gasteiger partial charge >= 0.3 is 5.97 Å². The average Bonchev–Trinajstić information content (AvgIpc) is 3.41. The summed E-state index contributed by atoms with van der Waals surface area (Å²) in [4.78, 5) is 15.7. The van der Waals surface area contributed by atoms with Crippen LogP contribution in [0.3, 0.4) is 0 Å². The summed E-state index contributed by atoms with van der Waals surface area (Å²) in [7, 11) is 0. The van der Waals surface area contributed by atoms with E-state index in [9.17, 15) is 14.3 Å². The molecule has 2 aliphatic rings. The Kier molecular flexibility index (Phi) is 4.52. The third-order valence-corrected chi connectivity index (χ3v) is 5.45. The smallest absolute Gasteiger partial charge is 0.337 e. The molecule has 2 saturated heterocycles. The molecule has 2 N–H and O–H groups in total. The van der Waals surface area contributed by atoms with Gasteiger partial charge in [0.25, 0.3) is 0 Å². The van der Waals surface area contributed by atoms with Crippen molar-refractivity contribution in [1.82, 2.24) is 14.6 Å². The number of hydrogen-bond acceptors (Lipinski definition) is 7. The first-order valence-corrected chi connectivity index (χ1v) is 9.54. The minimum Gasteiger partial charge on any atom is -0.483 e. The summed E-state index contributed by atoms with van der Waals surface area (Å²) in [5.41, 5.74) is 1.63. The Morgan fingerprint density at radius 3 is 3.10 bits per heavy atom. The van der Waals surface area contributed by atoms with E-state index in [1.165, 1.54) is 29.2 Å². The molecular formula is C20H19FN4O5. The van der Waals surface area contributed by atoms with Crippen LogP contribution in [0.5, 0.6) is 5.75 Å². The van der Waals surface area contributed by atoms with E-state index in [-0.39, 0.29) is 23.9 Å². The summed E-state index contributed by atoms with van der Waals surface area (Å²) in [6.45, 7) is 2.66. The highest BCUT2D eigenvalue weighted by atomic mass is 19.1. The number of nitrogens with one attached hydrogen (secondary N) is 1. The van der Waals surface area contributed by atoms with Crippen LogP contribution in [0.15, 0.2) is 30.7 Å². The van der Waals surface area contributed by atoms with Crippen LogP contribution < -0.4 is 10.1 Å². The number of ether oxygens (including phenoxy) is 3. The molecule has 9 nitrogen and oxygen atoms in total. The number of carboxylic acids is 1. The van der Waals surface area contributed by atoms with Gasteiger partial charge in [0.05, 0.1) is 24.0 Å². The number of aromatic nitrogens is 3. The zero-order valence-corrected chi connectivity index (χ0v) is 16.0. The highest BCUT2D eigenvalue weighted by molar-refractivity contribution is 5.94. The second-order valence-electron chi connectivity index (χ2n) is 7.29.